The fourth-order valence-corrected chi connectivity index (χ4v) is 3.42. The normalized spacial score (nSPS) is 12.6. The number of hydrogen-bond donors (Lipinski definition) is 0. The zero-order chi connectivity index (χ0) is 21.7. The topological polar surface area (TPSA) is 66.5 Å². The van der Waals surface area contributed by atoms with E-state index in [1.807, 2.05) is 6.07 Å². The molecule has 7 nitrogen and oxygen atoms in total. The number of halogens is 1. The number of ether oxygens (including phenoxy) is 5. The molecule has 0 aliphatic carbocycles. The Morgan fingerprint density at radius 3 is 2.53 bits per heavy atom. The number of carbonyl (C=O) groups excluding carboxylic acids is 1. The number of hydrogen-bond acceptors (Lipinski definition) is 6. The van der Waals surface area contributed by atoms with Crippen molar-refractivity contribution in [3.8, 4) is 28.7 Å². The Balaban J connectivity index is 1.75. The lowest BCUT2D eigenvalue weighted by molar-refractivity contribution is -0.125. The molecule has 2 aromatic carbocycles. The van der Waals surface area contributed by atoms with Gasteiger partial charge in [-0.25, -0.2) is 0 Å². The fourth-order valence-electron chi connectivity index (χ4n) is 3.14. The summed E-state index contributed by atoms with van der Waals surface area (Å²) >= 11 is 6.25. The molecule has 30 heavy (non-hydrogen) atoms. The molecule has 0 saturated heterocycles. The first-order valence-electron chi connectivity index (χ1n) is 9.28. The van der Waals surface area contributed by atoms with Crippen LogP contribution in [0.25, 0.3) is 6.08 Å². The minimum Gasteiger partial charge on any atom is -0.493 e. The van der Waals surface area contributed by atoms with E-state index in [4.69, 9.17) is 35.3 Å². The molecule has 1 aliphatic rings. The van der Waals surface area contributed by atoms with Gasteiger partial charge in [-0.15, -0.1) is 0 Å². The van der Waals surface area contributed by atoms with Crippen LogP contribution < -0.4 is 23.7 Å². The van der Waals surface area contributed by atoms with Crippen molar-refractivity contribution in [1.29, 1.82) is 0 Å². The summed E-state index contributed by atoms with van der Waals surface area (Å²) in [6, 6.07) is 7.15. The Kier molecular flexibility index (Phi) is 6.95. The number of amides is 1. The molecule has 0 unspecified atom stereocenters. The lowest BCUT2D eigenvalue weighted by Crippen LogP contribution is -2.24. The molecule has 0 fully saturated rings. The number of fused-ring (bicyclic) bond motifs is 1. The summed E-state index contributed by atoms with van der Waals surface area (Å²) in [5.74, 6) is 2.49. The van der Waals surface area contributed by atoms with E-state index >= 15 is 0 Å². The van der Waals surface area contributed by atoms with Crippen molar-refractivity contribution in [3.05, 3.63) is 46.5 Å². The number of rotatable bonds is 7. The zero-order valence-corrected chi connectivity index (χ0v) is 18.1. The summed E-state index contributed by atoms with van der Waals surface area (Å²) in [4.78, 5) is 14.2. The van der Waals surface area contributed by atoms with Crippen molar-refractivity contribution in [3.63, 3.8) is 0 Å². The second-order valence-electron chi connectivity index (χ2n) is 6.55. The van der Waals surface area contributed by atoms with Gasteiger partial charge in [0.05, 0.1) is 26.4 Å². The van der Waals surface area contributed by atoms with Crippen LogP contribution in [0.15, 0.2) is 30.3 Å². The molecule has 3 rings (SSSR count). The largest absolute Gasteiger partial charge is 0.493 e. The lowest BCUT2D eigenvalue weighted by Gasteiger charge is -2.20. The first-order valence-corrected chi connectivity index (χ1v) is 9.66. The third-order valence-corrected chi connectivity index (χ3v) is 4.89. The Bertz CT molecular complexity index is 959. The highest BCUT2D eigenvalue weighted by molar-refractivity contribution is 6.32. The van der Waals surface area contributed by atoms with Crippen LogP contribution in [-0.2, 0) is 11.3 Å². The predicted octanol–water partition coefficient (Wildman–Crippen LogP) is 3.81. The highest BCUT2D eigenvalue weighted by Gasteiger charge is 2.19. The molecule has 0 atom stereocenters. The van der Waals surface area contributed by atoms with Gasteiger partial charge in [0.25, 0.3) is 0 Å². The monoisotopic (exact) mass is 433 g/mol. The van der Waals surface area contributed by atoms with Crippen LogP contribution in [0.2, 0.25) is 5.02 Å². The number of benzene rings is 2. The average Bonchev–Trinajstić information content (AvgIpc) is 2.76. The fraction of sp³-hybridized carbons (Fsp3) is 0.318. The van der Waals surface area contributed by atoms with Crippen LogP contribution in [0.4, 0.5) is 0 Å². The van der Waals surface area contributed by atoms with Gasteiger partial charge in [-0.1, -0.05) is 11.6 Å². The van der Waals surface area contributed by atoms with Gasteiger partial charge in [0.2, 0.25) is 11.7 Å². The summed E-state index contributed by atoms with van der Waals surface area (Å²) in [5.41, 5.74) is 1.54. The summed E-state index contributed by atoms with van der Waals surface area (Å²) in [7, 11) is 6.36. The molecule has 1 amide bonds. The molecule has 0 aromatic heterocycles. The first kappa shape index (κ1) is 21.6. The summed E-state index contributed by atoms with van der Waals surface area (Å²) in [6.45, 7) is 1.25. The minimum atomic E-state index is -0.183. The smallest absolute Gasteiger partial charge is 0.246 e. The predicted molar refractivity (Wildman–Crippen MR) is 114 cm³/mol. The van der Waals surface area contributed by atoms with E-state index in [1.54, 1.807) is 57.6 Å². The van der Waals surface area contributed by atoms with Gasteiger partial charge in [0.15, 0.2) is 23.0 Å². The van der Waals surface area contributed by atoms with Crippen molar-refractivity contribution >= 4 is 23.6 Å². The van der Waals surface area contributed by atoms with E-state index in [1.165, 1.54) is 6.08 Å². The molecule has 2 aromatic rings. The molecule has 160 valence electrons. The van der Waals surface area contributed by atoms with Gasteiger partial charge in [-0.2, -0.15) is 0 Å². The summed E-state index contributed by atoms with van der Waals surface area (Å²) in [5, 5.41) is 0.447. The van der Waals surface area contributed by atoms with Gasteiger partial charge >= 0.3 is 0 Å². The Labute approximate surface area is 180 Å². The minimum absolute atomic E-state index is 0.183. The SMILES string of the molecule is COc1ccc(CN(C)C(=O)C=Cc2cc(Cl)c3c(c2)OCCO3)c(OC)c1OC. The van der Waals surface area contributed by atoms with Crippen LogP contribution in [0.1, 0.15) is 11.1 Å². The average molecular weight is 434 g/mol. The van der Waals surface area contributed by atoms with E-state index in [0.29, 0.717) is 53.5 Å². The molecular weight excluding hydrogens is 410 g/mol. The van der Waals surface area contributed by atoms with E-state index < -0.39 is 0 Å². The number of nitrogens with zero attached hydrogens (tertiary/aromatic N) is 1. The van der Waals surface area contributed by atoms with Crippen molar-refractivity contribution in [1.82, 2.24) is 4.90 Å². The third kappa shape index (κ3) is 4.57. The summed E-state index contributed by atoms with van der Waals surface area (Å²) in [6.07, 6.45) is 3.17. The van der Waals surface area contributed by atoms with Gasteiger partial charge in [0.1, 0.15) is 13.2 Å². The standard InChI is InChI=1S/C22H24ClNO6/c1-24(13-15-6-7-17(26-2)22(28-4)20(15)27-3)19(25)8-5-14-11-16(23)21-18(12-14)29-9-10-30-21/h5-8,11-12H,9-10,13H2,1-4H3. The van der Waals surface area contributed by atoms with E-state index in [2.05, 4.69) is 0 Å². The Morgan fingerprint density at radius 1 is 1.10 bits per heavy atom. The molecule has 0 spiro atoms. The van der Waals surface area contributed by atoms with Gasteiger partial charge in [-0.05, 0) is 35.9 Å². The van der Waals surface area contributed by atoms with E-state index in [-0.39, 0.29) is 5.91 Å². The van der Waals surface area contributed by atoms with Gasteiger partial charge < -0.3 is 28.6 Å². The second kappa shape index (κ2) is 9.63. The number of carbonyl (C=O) groups is 1. The van der Waals surface area contributed by atoms with E-state index in [0.717, 1.165) is 11.1 Å². The molecule has 0 bridgehead atoms. The van der Waals surface area contributed by atoms with Crippen LogP contribution >= 0.6 is 11.6 Å². The molecule has 0 radical (unpaired) electrons. The van der Waals surface area contributed by atoms with Crippen molar-refractivity contribution in [2.24, 2.45) is 0 Å². The maximum atomic E-state index is 12.6. The maximum absolute atomic E-state index is 12.6. The molecule has 1 aliphatic heterocycles. The Morgan fingerprint density at radius 2 is 1.83 bits per heavy atom. The van der Waals surface area contributed by atoms with Crippen molar-refractivity contribution in [2.75, 3.05) is 41.6 Å². The lowest BCUT2D eigenvalue weighted by atomic mass is 10.1. The third-order valence-electron chi connectivity index (χ3n) is 4.61. The molecule has 1 heterocycles. The highest BCUT2D eigenvalue weighted by Crippen LogP contribution is 2.40. The van der Waals surface area contributed by atoms with Crippen LogP contribution in [0.5, 0.6) is 28.7 Å². The number of likely N-dealkylation sites (N-methyl/N-ethyl adjacent to an activating group) is 1. The summed E-state index contributed by atoms with van der Waals surface area (Å²) < 4.78 is 27.3. The molecule has 0 saturated carbocycles. The zero-order valence-electron chi connectivity index (χ0n) is 17.4. The van der Waals surface area contributed by atoms with Crippen molar-refractivity contribution < 1.29 is 28.5 Å². The van der Waals surface area contributed by atoms with Gasteiger partial charge in [-0.3, -0.25) is 4.79 Å². The highest BCUT2D eigenvalue weighted by atomic mass is 35.5. The van der Waals surface area contributed by atoms with Crippen molar-refractivity contribution in [2.45, 2.75) is 6.54 Å². The van der Waals surface area contributed by atoms with E-state index in [9.17, 15) is 4.79 Å². The first-order chi connectivity index (χ1) is 14.5. The second-order valence-corrected chi connectivity index (χ2v) is 6.96. The molecule has 8 heteroatoms. The quantitative estimate of drug-likeness (QED) is 0.618. The van der Waals surface area contributed by atoms with Gasteiger partial charge in [0, 0.05) is 25.2 Å². The number of methoxy groups -OCH3 is 3. The molecule has 0 N–H and O–H groups in total. The Hall–Kier alpha value is -3.06. The molecular formula is C22H24ClNO6. The maximum Gasteiger partial charge on any atom is 0.246 e. The van der Waals surface area contributed by atoms with Crippen LogP contribution in [0.3, 0.4) is 0 Å². The van der Waals surface area contributed by atoms with Crippen LogP contribution in [0, 0.1) is 0 Å². The van der Waals surface area contributed by atoms with Crippen LogP contribution in [-0.4, -0.2) is 52.4 Å².